The van der Waals surface area contributed by atoms with Crippen LogP contribution in [0.1, 0.15) is 41.1 Å². The number of likely N-dealkylation sites (N-methyl/N-ethyl adjacent to an activating group) is 1. The number of anilines is 2. The van der Waals surface area contributed by atoms with Gasteiger partial charge in [0, 0.05) is 36.4 Å². The minimum absolute atomic E-state index is 0.00114. The van der Waals surface area contributed by atoms with Crippen molar-refractivity contribution in [2.45, 2.75) is 38.1 Å². The fourth-order valence-electron chi connectivity index (χ4n) is 5.59. The number of amides is 2. The average molecular weight is 630 g/mol. The Labute approximate surface area is 275 Å². The molecular weight excluding hydrogens is 590 g/mol. The summed E-state index contributed by atoms with van der Waals surface area (Å²) in [4.78, 5) is 15.0. The van der Waals surface area contributed by atoms with Gasteiger partial charge < -0.3 is 30.0 Å². The molecule has 1 heterocycles. The summed E-state index contributed by atoms with van der Waals surface area (Å²) in [7, 11) is 2.10. The van der Waals surface area contributed by atoms with Crippen molar-refractivity contribution in [3.63, 3.8) is 0 Å². The van der Waals surface area contributed by atoms with Gasteiger partial charge in [0.1, 0.15) is 11.5 Å². The van der Waals surface area contributed by atoms with E-state index in [-0.39, 0.29) is 24.8 Å². The fourth-order valence-corrected chi connectivity index (χ4v) is 5.59. The molecule has 8 heteroatoms. The Morgan fingerprint density at radius 1 is 0.723 bits per heavy atom. The molecule has 0 aromatic heterocycles. The topological polar surface area (TPSA) is 92.3 Å². The summed E-state index contributed by atoms with van der Waals surface area (Å²) in [6.07, 6.45) is -0.128. The van der Waals surface area contributed by atoms with Gasteiger partial charge in [-0.25, -0.2) is 4.79 Å². The summed E-state index contributed by atoms with van der Waals surface area (Å²) in [5.74, 6) is 1.43. The maximum atomic E-state index is 12.7. The van der Waals surface area contributed by atoms with Gasteiger partial charge in [-0.15, -0.1) is 0 Å². The van der Waals surface area contributed by atoms with E-state index in [0.29, 0.717) is 23.5 Å². The molecule has 0 spiro atoms. The number of rotatable bonds is 11. The van der Waals surface area contributed by atoms with Gasteiger partial charge in [-0.2, -0.15) is 0 Å². The van der Waals surface area contributed by atoms with Crippen molar-refractivity contribution in [3.8, 4) is 11.5 Å². The summed E-state index contributed by atoms with van der Waals surface area (Å²) in [5, 5.41) is 15.3. The zero-order valence-electron chi connectivity index (χ0n) is 26.3. The van der Waals surface area contributed by atoms with Crippen LogP contribution in [0.5, 0.6) is 11.5 Å². The molecule has 0 saturated carbocycles. The lowest BCUT2D eigenvalue weighted by Crippen LogP contribution is -2.37. The van der Waals surface area contributed by atoms with Crippen LogP contribution in [0, 0.1) is 0 Å². The van der Waals surface area contributed by atoms with Crippen molar-refractivity contribution in [3.05, 3.63) is 156 Å². The Balaban J connectivity index is 1.08. The number of para-hydroxylation sites is 1. The van der Waals surface area contributed by atoms with Crippen LogP contribution >= 0.6 is 0 Å². The normalized spacial score (nSPS) is 17.6. The minimum atomic E-state index is -0.583. The summed E-state index contributed by atoms with van der Waals surface area (Å²) in [5.41, 5.74) is 5.29. The average Bonchev–Trinajstić information content (AvgIpc) is 3.10. The molecule has 1 saturated heterocycles. The molecule has 5 aromatic carbocycles. The van der Waals surface area contributed by atoms with E-state index in [0.717, 1.165) is 35.5 Å². The molecule has 47 heavy (non-hydrogen) atoms. The standard InChI is InChI=1S/C39H39N3O5/c1-42(25-28-8-4-2-5-9-28)26-36-24-37(30-14-12-29(27-43)13-15-30)47-38(46-36)31-16-18-32(19-17-31)40-39(44)41-33-20-22-35(23-21-33)45-34-10-6-3-7-11-34/h2-23,36-38,43H,24-27H2,1H3,(H2,40,41,44)/t36-,37+,38+/m1/s1. The number of aliphatic hydroxyl groups excluding tert-OH is 1. The second-order valence-electron chi connectivity index (χ2n) is 11.7. The Bertz CT molecular complexity index is 1700. The number of hydrogen-bond donors (Lipinski definition) is 3. The van der Waals surface area contributed by atoms with Crippen molar-refractivity contribution in [2.24, 2.45) is 0 Å². The first-order valence-corrected chi connectivity index (χ1v) is 15.7. The van der Waals surface area contributed by atoms with Crippen molar-refractivity contribution < 1.29 is 24.1 Å². The van der Waals surface area contributed by atoms with Crippen molar-refractivity contribution in [2.75, 3.05) is 24.2 Å². The lowest BCUT2D eigenvalue weighted by atomic mass is 9.99. The SMILES string of the molecule is CN(Cc1ccccc1)C[C@H]1C[C@@H](c2ccc(CO)cc2)O[C@@H](c2ccc(NC(=O)Nc3ccc(Oc4ccccc4)cc3)cc2)O1. The number of urea groups is 1. The molecule has 6 rings (SSSR count). The van der Waals surface area contributed by atoms with Crippen LogP contribution in [0.15, 0.2) is 133 Å². The highest BCUT2D eigenvalue weighted by Gasteiger charge is 2.32. The quantitative estimate of drug-likeness (QED) is 0.136. The van der Waals surface area contributed by atoms with E-state index in [2.05, 4.69) is 46.8 Å². The van der Waals surface area contributed by atoms with Gasteiger partial charge in [0.25, 0.3) is 0 Å². The zero-order valence-corrected chi connectivity index (χ0v) is 26.3. The first kappa shape index (κ1) is 32.0. The molecule has 3 N–H and O–H groups in total. The molecule has 5 aromatic rings. The third-order valence-corrected chi connectivity index (χ3v) is 7.96. The molecule has 0 unspecified atom stereocenters. The highest BCUT2D eigenvalue weighted by molar-refractivity contribution is 5.99. The molecule has 240 valence electrons. The fraction of sp³-hybridized carbons (Fsp3) is 0.205. The first-order chi connectivity index (χ1) is 23.0. The van der Waals surface area contributed by atoms with Gasteiger partial charge in [-0.1, -0.05) is 84.9 Å². The van der Waals surface area contributed by atoms with E-state index >= 15 is 0 Å². The number of hydrogen-bond acceptors (Lipinski definition) is 6. The van der Waals surface area contributed by atoms with Crippen LogP contribution in [0.2, 0.25) is 0 Å². The highest BCUT2D eigenvalue weighted by atomic mass is 16.7. The van der Waals surface area contributed by atoms with Crippen molar-refractivity contribution in [1.29, 1.82) is 0 Å². The van der Waals surface area contributed by atoms with Gasteiger partial charge in [-0.3, -0.25) is 4.90 Å². The smallest absolute Gasteiger partial charge is 0.323 e. The molecule has 0 bridgehead atoms. The van der Waals surface area contributed by atoms with Gasteiger partial charge in [0.2, 0.25) is 0 Å². The molecule has 2 amide bonds. The lowest BCUT2D eigenvalue weighted by molar-refractivity contribution is -0.252. The number of nitrogens with zero attached hydrogens (tertiary/aromatic N) is 1. The van der Waals surface area contributed by atoms with Crippen LogP contribution in [-0.2, 0) is 22.6 Å². The van der Waals surface area contributed by atoms with Crippen LogP contribution in [-0.4, -0.2) is 35.7 Å². The lowest BCUT2D eigenvalue weighted by Gasteiger charge is -2.38. The van der Waals surface area contributed by atoms with E-state index in [1.54, 1.807) is 12.1 Å². The molecule has 1 fully saturated rings. The maximum Gasteiger partial charge on any atom is 0.323 e. The van der Waals surface area contributed by atoms with E-state index in [1.807, 2.05) is 97.1 Å². The minimum Gasteiger partial charge on any atom is -0.457 e. The van der Waals surface area contributed by atoms with E-state index in [4.69, 9.17) is 14.2 Å². The molecular formula is C39H39N3O5. The number of carbonyl (C=O) groups excluding carboxylic acids is 1. The monoisotopic (exact) mass is 629 g/mol. The largest absolute Gasteiger partial charge is 0.457 e. The van der Waals surface area contributed by atoms with Crippen LogP contribution in [0.4, 0.5) is 16.2 Å². The Morgan fingerprint density at radius 2 is 1.30 bits per heavy atom. The van der Waals surface area contributed by atoms with E-state index in [9.17, 15) is 9.90 Å². The summed E-state index contributed by atoms with van der Waals surface area (Å²) in [6, 6.07) is 42.2. The van der Waals surface area contributed by atoms with Crippen LogP contribution in [0.25, 0.3) is 0 Å². The van der Waals surface area contributed by atoms with Crippen molar-refractivity contribution >= 4 is 17.4 Å². The maximum absolute atomic E-state index is 12.7. The first-order valence-electron chi connectivity index (χ1n) is 15.7. The van der Waals surface area contributed by atoms with Gasteiger partial charge in [-0.05, 0) is 72.3 Å². The van der Waals surface area contributed by atoms with Crippen LogP contribution < -0.4 is 15.4 Å². The summed E-state index contributed by atoms with van der Waals surface area (Å²) < 4.78 is 18.8. The highest BCUT2D eigenvalue weighted by Crippen LogP contribution is 2.38. The summed E-state index contributed by atoms with van der Waals surface area (Å²) in [6.45, 7) is 1.55. The molecule has 1 aliphatic rings. The summed E-state index contributed by atoms with van der Waals surface area (Å²) >= 11 is 0. The molecule has 0 aliphatic carbocycles. The Kier molecular flexibility index (Phi) is 10.6. The molecule has 0 radical (unpaired) electrons. The Hall–Kier alpha value is -4.99. The van der Waals surface area contributed by atoms with Crippen LogP contribution in [0.3, 0.4) is 0 Å². The number of nitrogens with one attached hydrogen (secondary N) is 2. The Morgan fingerprint density at radius 3 is 1.94 bits per heavy atom. The van der Waals surface area contributed by atoms with E-state index < -0.39 is 6.29 Å². The molecule has 3 atom stereocenters. The third-order valence-electron chi connectivity index (χ3n) is 7.96. The molecule has 1 aliphatic heterocycles. The number of benzene rings is 5. The van der Waals surface area contributed by atoms with Crippen molar-refractivity contribution in [1.82, 2.24) is 4.90 Å². The zero-order chi connectivity index (χ0) is 32.4. The van der Waals surface area contributed by atoms with Gasteiger partial charge >= 0.3 is 6.03 Å². The predicted octanol–water partition coefficient (Wildman–Crippen LogP) is 8.29. The molecule has 8 nitrogen and oxygen atoms in total. The number of carbonyl (C=O) groups is 1. The second kappa shape index (κ2) is 15.5. The van der Waals surface area contributed by atoms with Gasteiger partial charge in [0.15, 0.2) is 6.29 Å². The predicted molar refractivity (Wildman–Crippen MR) is 183 cm³/mol. The third kappa shape index (κ3) is 9.06. The van der Waals surface area contributed by atoms with E-state index in [1.165, 1.54) is 5.56 Å². The number of ether oxygens (including phenoxy) is 3. The second-order valence-corrected chi connectivity index (χ2v) is 11.7. The van der Waals surface area contributed by atoms with Gasteiger partial charge in [0.05, 0.1) is 18.8 Å². The number of aliphatic hydroxyl groups is 1.